The van der Waals surface area contributed by atoms with Crippen LogP contribution in [-0.2, 0) is 4.79 Å². The number of nitrogens with zero attached hydrogens (tertiary/aromatic N) is 1. The molecule has 2 aromatic carbocycles. The molecular formula is C17H15N2O3-. The standard InChI is InChI=1S/C17H16N2O3/c20-16(21)12-11-15(13-7-3-1-4-8-13)18-19-17(22)14-9-5-2-6-10-14/h1-10H,11-12H2,(H,19,22)(H,20,21)/p-1/b18-15-. The zero-order valence-electron chi connectivity index (χ0n) is 11.9. The molecule has 0 bridgehead atoms. The van der Waals surface area contributed by atoms with Gasteiger partial charge in [-0.15, -0.1) is 0 Å². The van der Waals surface area contributed by atoms with Crippen molar-refractivity contribution in [1.82, 2.24) is 5.43 Å². The molecule has 0 aliphatic carbocycles. The molecule has 0 fully saturated rings. The van der Waals surface area contributed by atoms with Crippen molar-refractivity contribution in [2.45, 2.75) is 12.8 Å². The Hall–Kier alpha value is -2.95. The van der Waals surface area contributed by atoms with E-state index in [-0.39, 0.29) is 18.7 Å². The molecular weight excluding hydrogens is 280 g/mol. The fourth-order valence-corrected chi connectivity index (χ4v) is 1.89. The van der Waals surface area contributed by atoms with Crippen LogP contribution in [0, 0.1) is 0 Å². The molecule has 5 heteroatoms. The van der Waals surface area contributed by atoms with Gasteiger partial charge in [0.1, 0.15) is 0 Å². The Morgan fingerprint density at radius 3 is 1.95 bits per heavy atom. The van der Waals surface area contributed by atoms with Gasteiger partial charge in [0.2, 0.25) is 0 Å². The molecule has 0 saturated heterocycles. The van der Waals surface area contributed by atoms with Crippen molar-refractivity contribution in [3.8, 4) is 0 Å². The van der Waals surface area contributed by atoms with Crippen LogP contribution in [0.15, 0.2) is 65.8 Å². The number of rotatable bonds is 6. The van der Waals surface area contributed by atoms with E-state index in [0.717, 1.165) is 5.56 Å². The summed E-state index contributed by atoms with van der Waals surface area (Å²) in [7, 11) is 0. The lowest BCUT2D eigenvalue weighted by Gasteiger charge is -2.08. The van der Waals surface area contributed by atoms with E-state index >= 15 is 0 Å². The molecule has 1 amide bonds. The molecule has 112 valence electrons. The largest absolute Gasteiger partial charge is 0.550 e. The summed E-state index contributed by atoms with van der Waals surface area (Å²) in [6.45, 7) is 0. The second kappa shape index (κ2) is 7.73. The Morgan fingerprint density at radius 2 is 1.41 bits per heavy atom. The van der Waals surface area contributed by atoms with Gasteiger partial charge in [0.05, 0.1) is 5.71 Å². The molecule has 0 heterocycles. The quantitative estimate of drug-likeness (QED) is 0.645. The van der Waals surface area contributed by atoms with Crippen molar-refractivity contribution in [3.63, 3.8) is 0 Å². The van der Waals surface area contributed by atoms with E-state index in [1.165, 1.54) is 0 Å². The van der Waals surface area contributed by atoms with E-state index in [2.05, 4.69) is 10.5 Å². The molecule has 0 radical (unpaired) electrons. The summed E-state index contributed by atoms with van der Waals surface area (Å²) in [6, 6.07) is 17.8. The van der Waals surface area contributed by atoms with Gasteiger partial charge in [-0.2, -0.15) is 5.10 Å². The van der Waals surface area contributed by atoms with Crippen LogP contribution in [0.1, 0.15) is 28.8 Å². The van der Waals surface area contributed by atoms with Crippen molar-refractivity contribution >= 4 is 17.6 Å². The summed E-state index contributed by atoms with van der Waals surface area (Å²) in [4.78, 5) is 22.6. The van der Waals surface area contributed by atoms with Gasteiger partial charge in [0.15, 0.2) is 0 Å². The summed E-state index contributed by atoms with van der Waals surface area (Å²) in [5, 5.41) is 14.7. The maximum atomic E-state index is 12.0. The minimum atomic E-state index is -1.15. The van der Waals surface area contributed by atoms with Crippen LogP contribution in [0.25, 0.3) is 0 Å². The highest BCUT2D eigenvalue weighted by molar-refractivity contribution is 6.03. The highest BCUT2D eigenvalue weighted by Gasteiger charge is 2.07. The first kappa shape index (κ1) is 15.4. The molecule has 2 aromatic rings. The smallest absolute Gasteiger partial charge is 0.271 e. The van der Waals surface area contributed by atoms with Gasteiger partial charge in [0, 0.05) is 11.5 Å². The van der Waals surface area contributed by atoms with Gasteiger partial charge >= 0.3 is 0 Å². The summed E-state index contributed by atoms with van der Waals surface area (Å²) in [6.07, 6.45) is 0.0242. The lowest BCUT2D eigenvalue weighted by atomic mass is 10.1. The summed E-state index contributed by atoms with van der Waals surface area (Å²) in [5.41, 5.74) is 4.20. The van der Waals surface area contributed by atoms with Crippen LogP contribution in [-0.4, -0.2) is 17.6 Å². The van der Waals surface area contributed by atoms with Gasteiger partial charge in [-0.3, -0.25) is 4.79 Å². The monoisotopic (exact) mass is 295 g/mol. The topological polar surface area (TPSA) is 81.6 Å². The normalized spacial score (nSPS) is 11.0. The van der Waals surface area contributed by atoms with Crippen LogP contribution in [0.2, 0.25) is 0 Å². The Balaban J connectivity index is 2.14. The highest BCUT2D eigenvalue weighted by Crippen LogP contribution is 2.06. The molecule has 5 nitrogen and oxygen atoms in total. The van der Waals surface area contributed by atoms with E-state index in [9.17, 15) is 14.7 Å². The molecule has 2 rings (SSSR count). The van der Waals surface area contributed by atoms with Crippen molar-refractivity contribution in [2.75, 3.05) is 0 Å². The van der Waals surface area contributed by atoms with E-state index in [0.29, 0.717) is 11.3 Å². The molecule has 0 aliphatic heterocycles. The number of hydrazone groups is 1. The third-order valence-corrected chi connectivity index (χ3v) is 3.00. The lowest BCUT2D eigenvalue weighted by Crippen LogP contribution is -2.24. The first-order valence-electron chi connectivity index (χ1n) is 6.84. The van der Waals surface area contributed by atoms with Crippen molar-refractivity contribution < 1.29 is 14.7 Å². The predicted octanol–water partition coefficient (Wildman–Crippen LogP) is 1.35. The Bertz CT molecular complexity index is 667. The van der Waals surface area contributed by atoms with Crippen LogP contribution in [0.5, 0.6) is 0 Å². The number of hydrogen-bond acceptors (Lipinski definition) is 4. The molecule has 0 spiro atoms. The number of benzene rings is 2. The van der Waals surface area contributed by atoms with Crippen molar-refractivity contribution in [2.24, 2.45) is 5.10 Å². The van der Waals surface area contributed by atoms with Crippen molar-refractivity contribution in [3.05, 3.63) is 71.8 Å². The molecule has 0 saturated carbocycles. The Labute approximate surface area is 128 Å². The van der Waals surface area contributed by atoms with Crippen LogP contribution >= 0.6 is 0 Å². The zero-order chi connectivity index (χ0) is 15.8. The Morgan fingerprint density at radius 1 is 0.864 bits per heavy atom. The molecule has 0 aliphatic rings. The predicted molar refractivity (Wildman–Crippen MR) is 81.1 cm³/mol. The second-order valence-corrected chi connectivity index (χ2v) is 4.60. The number of aliphatic carboxylic acids is 1. The fourth-order valence-electron chi connectivity index (χ4n) is 1.89. The molecule has 0 atom stereocenters. The third-order valence-electron chi connectivity index (χ3n) is 3.00. The molecule has 1 N–H and O–H groups in total. The second-order valence-electron chi connectivity index (χ2n) is 4.60. The van der Waals surface area contributed by atoms with Gasteiger partial charge < -0.3 is 9.90 Å². The van der Waals surface area contributed by atoms with Gasteiger partial charge in [-0.05, 0) is 30.5 Å². The maximum absolute atomic E-state index is 12.0. The van der Waals surface area contributed by atoms with Gasteiger partial charge in [-0.1, -0.05) is 48.5 Å². The SMILES string of the molecule is O=C([O-])CC/C(=N/NC(=O)c1ccccc1)c1ccccc1. The number of carboxylic acids is 1. The van der Waals surface area contributed by atoms with E-state index in [4.69, 9.17) is 0 Å². The van der Waals surface area contributed by atoms with Gasteiger partial charge in [0.25, 0.3) is 5.91 Å². The Kier molecular flexibility index (Phi) is 5.43. The van der Waals surface area contributed by atoms with Crippen LogP contribution in [0.3, 0.4) is 0 Å². The number of hydrogen-bond donors (Lipinski definition) is 1. The molecule has 22 heavy (non-hydrogen) atoms. The number of amides is 1. The fraction of sp³-hybridized carbons (Fsp3) is 0.118. The van der Waals surface area contributed by atoms with E-state index < -0.39 is 5.97 Å². The summed E-state index contributed by atoms with van der Waals surface area (Å²) < 4.78 is 0. The van der Waals surface area contributed by atoms with E-state index in [1.54, 1.807) is 24.3 Å². The number of nitrogens with one attached hydrogen (secondary N) is 1. The first-order chi connectivity index (χ1) is 10.7. The minimum absolute atomic E-state index is 0.158. The number of carboxylic acid groups (broad SMARTS) is 1. The number of carbonyl (C=O) groups excluding carboxylic acids is 2. The van der Waals surface area contributed by atoms with E-state index in [1.807, 2.05) is 36.4 Å². The first-order valence-corrected chi connectivity index (χ1v) is 6.84. The van der Waals surface area contributed by atoms with Gasteiger partial charge in [-0.25, -0.2) is 5.43 Å². The van der Waals surface area contributed by atoms with Crippen LogP contribution < -0.4 is 10.5 Å². The average molecular weight is 295 g/mol. The third kappa shape index (κ3) is 4.56. The maximum Gasteiger partial charge on any atom is 0.271 e. The summed E-state index contributed by atoms with van der Waals surface area (Å²) in [5.74, 6) is -1.50. The summed E-state index contributed by atoms with van der Waals surface area (Å²) >= 11 is 0. The average Bonchev–Trinajstić information content (AvgIpc) is 2.56. The minimum Gasteiger partial charge on any atom is -0.550 e. The van der Waals surface area contributed by atoms with Crippen LogP contribution in [0.4, 0.5) is 0 Å². The van der Waals surface area contributed by atoms with Crippen molar-refractivity contribution in [1.29, 1.82) is 0 Å². The zero-order valence-corrected chi connectivity index (χ0v) is 11.9. The highest BCUT2D eigenvalue weighted by atomic mass is 16.4. The lowest BCUT2D eigenvalue weighted by molar-refractivity contribution is -0.305. The number of carbonyl (C=O) groups is 2. The molecule has 0 aromatic heterocycles. The molecule has 0 unspecified atom stereocenters.